The lowest BCUT2D eigenvalue weighted by molar-refractivity contribution is 0.439. The van der Waals surface area contributed by atoms with Gasteiger partial charge in [0.1, 0.15) is 16.5 Å². The molecule has 3 aromatic rings. The van der Waals surface area contributed by atoms with E-state index in [-0.39, 0.29) is 42.5 Å². The van der Waals surface area contributed by atoms with Gasteiger partial charge < -0.3 is 10.2 Å². The summed E-state index contributed by atoms with van der Waals surface area (Å²) in [5.74, 6) is -1.03. The van der Waals surface area contributed by atoms with Crippen LogP contribution in [0.3, 0.4) is 0 Å². The van der Waals surface area contributed by atoms with Crippen molar-refractivity contribution in [2.75, 3.05) is 0 Å². The fourth-order valence-electron chi connectivity index (χ4n) is 3.22. The summed E-state index contributed by atoms with van der Waals surface area (Å²) in [6.07, 6.45) is 0. The number of aromatic hydroxyl groups is 2. The number of rotatable bonds is 4. The van der Waals surface area contributed by atoms with Crippen molar-refractivity contribution < 1.29 is 23.2 Å². The number of halogens is 4. The summed E-state index contributed by atoms with van der Waals surface area (Å²) < 4.78 is 33.9. The van der Waals surface area contributed by atoms with Crippen LogP contribution in [0.5, 0.6) is 11.5 Å². The van der Waals surface area contributed by atoms with Crippen LogP contribution in [0, 0.1) is 0 Å². The first-order valence-corrected chi connectivity index (χ1v) is 10.8. The Balaban J connectivity index is 2.61. The summed E-state index contributed by atoms with van der Waals surface area (Å²) >= 11 is 24.1. The second kappa shape index (κ2) is 7.87. The van der Waals surface area contributed by atoms with Gasteiger partial charge in [0.05, 0.1) is 5.02 Å². The number of phenolic OH excluding ortho intramolecular Hbond substituents is 2. The molecule has 29 heavy (non-hydrogen) atoms. The molecule has 0 heterocycles. The Bertz CT molecular complexity index is 1190. The van der Waals surface area contributed by atoms with E-state index in [2.05, 4.69) is 0 Å². The molecule has 0 saturated carbocycles. The van der Waals surface area contributed by atoms with Gasteiger partial charge in [0.25, 0.3) is 10.1 Å². The SMILES string of the molecule is O=S(=O)(O)C(c1cccc(Cl)c1)(c1cc(O)cc(Cl)c1)c1ccc(Cl)c(Cl)c1O. The van der Waals surface area contributed by atoms with Crippen molar-refractivity contribution in [2.45, 2.75) is 4.75 Å². The van der Waals surface area contributed by atoms with Gasteiger partial charge in [0, 0.05) is 15.6 Å². The molecule has 0 bridgehead atoms. The van der Waals surface area contributed by atoms with Crippen molar-refractivity contribution in [1.29, 1.82) is 0 Å². The van der Waals surface area contributed by atoms with E-state index in [0.29, 0.717) is 0 Å². The minimum absolute atomic E-state index is 0.00500. The molecule has 3 rings (SSSR count). The molecule has 0 radical (unpaired) electrons. The Morgan fingerprint density at radius 2 is 1.45 bits per heavy atom. The first-order chi connectivity index (χ1) is 13.5. The number of phenols is 2. The van der Waals surface area contributed by atoms with Crippen LogP contribution in [0.2, 0.25) is 20.1 Å². The van der Waals surface area contributed by atoms with Crippen LogP contribution in [0.15, 0.2) is 54.6 Å². The number of benzene rings is 3. The van der Waals surface area contributed by atoms with Gasteiger partial charge in [-0.1, -0.05) is 64.6 Å². The van der Waals surface area contributed by atoms with Crippen LogP contribution in [-0.2, 0) is 14.9 Å². The van der Waals surface area contributed by atoms with E-state index in [1.54, 1.807) is 0 Å². The van der Waals surface area contributed by atoms with Gasteiger partial charge in [-0.3, -0.25) is 4.55 Å². The Kier molecular flexibility index (Phi) is 5.98. The molecule has 0 aliphatic rings. The van der Waals surface area contributed by atoms with Crippen molar-refractivity contribution in [1.82, 2.24) is 0 Å². The molecule has 10 heteroatoms. The lowest BCUT2D eigenvalue weighted by atomic mass is 9.83. The average Bonchev–Trinajstić information content (AvgIpc) is 2.60. The van der Waals surface area contributed by atoms with E-state index in [9.17, 15) is 23.2 Å². The smallest absolute Gasteiger partial charge is 0.283 e. The van der Waals surface area contributed by atoms with Crippen molar-refractivity contribution in [3.8, 4) is 11.5 Å². The van der Waals surface area contributed by atoms with Crippen molar-refractivity contribution >= 4 is 56.5 Å². The molecular weight excluding hydrogens is 482 g/mol. The third-order valence-corrected chi connectivity index (χ3v) is 7.07. The van der Waals surface area contributed by atoms with Gasteiger partial charge in [0.2, 0.25) is 0 Å². The van der Waals surface area contributed by atoms with E-state index < -0.39 is 20.6 Å². The monoisotopic (exact) mass is 492 g/mol. The van der Waals surface area contributed by atoms with Crippen molar-refractivity contribution in [2.24, 2.45) is 0 Å². The van der Waals surface area contributed by atoms with Gasteiger partial charge in [-0.25, -0.2) is 0 Å². The third kappa shape index (κ3) is 3.77. The van der Waals surface area contributed by atoms with E-state index in [0.717, 1.165) is 6.07 Å². The maximum atomic E-state index is 12.9. The predicted octanol–water partition coefficient (Wildman–Crippen LogP) is 5.89. The first kappa shape index (κ1) is 22.0. The highest BCUT2D eigenvalue weighted by Crippen LogP contribution is 2.51. The van der Waals surface area contributed by atoms with E-state index >= 15 is 0 Å². The zero-order valence-corrected chi connectivity index (χ0v) is 18.1. The lowest BCUT2D eigenvalue weighted by Gasteiger charge is -2.33. The van der Waals surface area contributed by atoms with Crippen LogP contribution in [0.4, 0.5) is 0 Å². The second-order valence-corrected chi connectivity index (χ2v) is 9.34. The third-order valence-electron chi connectivity index (χ3n) is 4.36. The van der Waals surface area contributed by atoms with Crippen molar-refractivity contribution in [3.05, 3.63) is 91.4 Å². The van der Waals surface area contributed by atoms with E-state index in [1.807, 2.05) is 0 Å². The zero-order chi connectivity index (χ0) is 21.6. The van der Waals surface area contributed by atoms with E-state index in [1.165, 1.54) is 48.5 Å². The van der Waals surface area contributed by atoms with Crippen LogP contribution >= 0.6 is 46.4 Å². The van der Waals surface area contributed by atoms with E-state index in [4.69, 9.17) is 46.4 Å². The normalized spacial score (nSPS) is 13.8. The minimum atomic E-state index is -5.08. The molecule has 0 aliphatic heterocycles. The van der Waals surface area contributed by atoms with Gasteiger partial charge in [-0.05, 0) is 47.5 Å². The standard InChI is InChI=1S/C19H12Cl4O5S/c20-12-3-1-2-10(6-12)19(29(26,27)28,11-7-13(21)9-14(24)8-11)15-4-5-16(22)17(23)18(15)25/h1-9,24-25H,(H,26,27,28). The molecule has 3 N–H and O–H groups in total. The topological polar surface area (TPSA) is 94.8 Å². The summed E-state index contributed by atoms with van der Waals surface area (Å²) in [7, 11) is -5.08. The van der Waals surface area contributed by atoms with Gasteiger partial charge in [-0.15, -0.1) is 0 Å². The van der Waals surface area contributed by atoms with Gasteiger partial charge >= 0.3 is 0 Å². The Hall–Kier alpha value is -1.67. The minimum Gasteiger partial charge on any atom is -0.508 e. The summed E-state index contributed by atoms with van der Waals surface area (Å²) in [5, 5.41) is 20.5. The molecule has 1 unspecified atom stereocenters. The van der Waals surface area contributed by atoms with Crippen LogP contribution in [-0.4, -0.2) is 23.2 Å². The van der Waals surface area contributed by atoms with Crippen molar-refractivity contribution in [3.63, 3.8) is 0 Å². The molecule has 5 nitrogen and oxygen atoms in total. The highest BCUT2D eigenvalue weighted by molar-refractivity contribution is 7.87. The quantitative estimate of drug-likeness (QED) is 0.311. The largest absolute Gasteiger partial charge is 0.508 e. The Morgan fingerprint density at radius 3 is 2.03 bits per heavy atom. The molecule has 0 spiro atoms. The summed E-state index contributed by atoms with van der Waals surface area (Å²) in [6, 6.07) is 11.7. The summed E-state index contributed by atoms with van der Waals surface area (Å²) in [5.41, 5.74) is -0.484. The molecule has 0 aromatic heterocycles. The second-order valence-electron chi connectivity index (χ2n) is 6.12. The highest BCUT2D eigenvalue weighted by Gasteiger charge is 2.51. The van der Waals surface area contributed by atoms with Gasteiger partial charge in [-0.2, -0.15) is 8.42 Å². The molecule has 3 aromatic carbocycles. The Morgan fingerprint density at radius 1 is 0.793 bits per heavy atom. The number of hydrogen-bond acceptors (Lipinski definition) is 4. The summed E-state index contributed by atoms with van der Waals surface area (Å²) in [4.78, 5) is 0. The molecular formula is C19H12Cl4O5S. The fraction of sp³-hybridized carbons (Fsp3) is 0.0526. The summed E-state index contributed by atoms with van der Waals surface area (Å²) in [6.45, 7) is 0. The average molecular weight is 494 g/mol. The van der Waals surface area contributed by atoms with Crippen LogP contribution in [0.25, 0.3) is 0 Å². The Labute approximate surface area is 186 Å². The maximum Gasteiger partial charge on any atom is 0.283 e. The molecule has 0 fully saturated rings. The highest BCUT2D eigenvalue weighted by atomic mass is 35.5. The molecule has 1 atom stereocenters. The van der Waals surface area contributed by atoms with Crippen LogP contribution in [0.1, 0.15) is 16.7 Å². The molecule has 0 saturated heterocycles. The van der Waals surface area contributed by atoms with Gasteiger partial charge in [0.15, 0.2) is 4.75 Å². The zero-order valence-electron chi connectivity index (χ0n) is 14.3. The molecule has 0 aliphatic carbocycles. The fourth-order valence-corrected chi connectivity index (χ4v) is 5.24. The first-order valence-electron chi connectivity index (χ1n) is 7.89. The molecule has 152 valence electrons. The van der Waals surface area contributed by atoms with Crippen LogP contribution < -0.4 is 0 Å². The number of hydrogen-bond donors (Lipinski definition) is 3. The predicted molar refractivity (Wildman–Crippen MR) is 114 cm³/mol. The molecule has 0 amide bonds. The lowest BCUT2D eigenvalue weighted by Crippen LogP contribution is -2.38. The maximum absolute atomic E-state index is 12.9.